The van der Waals surface area contributed by atoms with E-state index in [4.69, 9.17) is 9.47 Å². The molecule has 0 aliphatic heterocycles. The van der Waals surface area contributed by atoms with Gasteiger partial charge in [0.2, 0.25) is 0 Å². The zero-order valence-corrected chi connectivity index (χ0v) is 30.0. The minimum absolute atomic E-state index is 0.823. The molecule has 0 saturated carbocycles. The number of rotatable bonds is 11. The Balaban J connectivity index is 1.07. The van der Waals surface area contributed by atoms with Crippen molar-refractivity contribution in [2.24, 2.45) is 0 Å². The summed E-state index contributed by atoms with van der Waals surface area (Å²) in [6, 6.07) is 59.7. The summed E-state index contributed by atoms with van der Waals surface area (Å²) in [6.07, 6.45) is 4.34. The molecule has 0 unspecified atom stereocenters. The van der Waals surface area contributed by atoms with E-state index in [0.29, 0.717) is 0 Å². The molecule has 0 spiro atoms. The van der Waals surface area contributed by atoms with E-state index in [0.717, 1.165) is 62.3 Å². The Bertz CT molecular complexity index is 2130. The third-order valence-electron chi connectivity index (χ3n) is 9.23. The smallest absolute Gasteiger partial charge is 0.119 e. The minimum atomic E-state index is 0.823. The van der Waals surface area contributed by atoms with Crippen LogP contribution in [-0.4, -0.2) is 14.2 Å². The van der Waals surface area contributed by atoms with Crippen LogP contribution in [0.1, 0.15) is 22.3 Å². The molecule has 52 heavy (non-hydrogen) atoms. The molecule has 0 bridgehead atoms. The Kier molecular flexibility index (Phi) is 10.2. The summed E-state index contributed by atoms with van der Waals surface area (Å²) in [4.78, 5) is 4.53. The summed E-state index contributed by atoms with van der Waals surface area (Å²) in [6.45, 7) is 4.24. The second-order valence-electron chi connectivity index (χ2n) is 12.8. The van der Waals surface area contributed by atoms with Crippen molar-refractivity contribution < 1.29 is 9.47 Å². The molecule has 256 valence electrons. The van der Waals surface area contributed by atoms with Crippen molar-refractivity contribution in [2.75, 3.05) is 24.0 Å². The highest BCUT2D eigenvalue weighted by Crippen LogP contribution is 2.38. The van der Waals surface area contributed by atoms with E-state index >= 15 is 0 Å². The van der Waals surface area contributed by atoms with Crippen LogP contribution in [0.5, 0.6) is 11.5 Å². The number of hydrogen-bond acceptors (Lipinski definition) is 4. The van der Waals surface area contributed by atoms with Gasteiger partial charge in [0.1, 0.15) is 11.5 Å². The van der Waals surface area contributed by atoms with Crippen LogP contribution >= 0.6 is 0 Å². The van der Waals surface area contributed by atoms with Gasteiger partial charge in [0, 0.05) is 34.1 Å². The molecule has 0 fully saturated rings. The lowest BCUT2D eigenvalue weighted by Crippen LogP contribution is -2.09. The van der Waals surface area contributed by atoms with Crippen LogP contribution < -0.4 is 19.3 Å². The molecule has 0 saturated heterocycles. The minimum Gasteiger partial charge on any atom is -0.497 e. The lowest BCUT2D eigenvalue weighted by Gasteiger charge is -2.26. The maximum absolute atomic E-state index is 5.41. The fraction of sp³-hybridized carbons (Fsp3) is 0.0833. The van der Waals surface area contributed by atoms with E-state index < -0.39 is 0 Å². The summed E-state index contributed by atoms with van der Waals surface area (Å²) in [7, 11) is 3.37. The SMILES string of the molecule is COc1ccc(N(c2ccc(OC)cc2)c2ccc(-c3ccc(/C=C/c4ccc(N(c5ccc(C)cc5)c5ccc(C)cc5)cc4)cc3)cc2)cc1. The molecule has 7 rings (SSSR count). The van der Waals surface area contributed by atoms with Crippen molar-refractivity contribution in [2.45, 2.75) is 13.8 Å². The third-order valence-corrected chi connectivity index (χ3v) is 9.23. The number of nitrogens with zero attached hydrogens (tertiary/aromatic N) is 2. The van der Waals surface area contributed by atoms with Gasteiger partial charge in [0.25, 0.3) is 0 Å². The number of ether oxygens (including phenoxy) is 2. The normalized spacial score (nSPS) is 11.0. The predicted molar refractivity (Wildman–Crippen MR) is 219 cm³/mol. The van der Waals surface area contributed by atoms with Crippen LogP contribution in [0.3, 0.4) is 0 Å². The van der Waals surface area contributed by atoms with Gasteiger partial charge in [-0.15, -0.1) is 0 Å². The average Bonchev–Trinajstić information content (AvgIpc) is 3.20. The van der Waals surface area contributed by atoms with Crippen molar-refractivity contribution in [1.29, 1.82) is 0 Å². The first-order valence-corrected chi connectivity index (χ1v) is 17.5. The zero-order valence-electron chi connectivity index (χ0n) is 30.0. The molecular weight excluding hydrogens is 637 g/mol. The number of methoxy groups -OCH3 is 2. The molecule has 7 aromatic rings. The Morgan fingerprint density at radius 3 is 0.904 bits per heavy atom. The Hall–Kier alpha value is -6.52. The van der Waals surface area contributed by atoms with Gasteiger partial charge in [-0.1, -0.05) is 96.1 Å². The van der Waals surface area contributed by atoms with Gasteiger partial charge in [-0.25, -0.2) is 0 Å². The first kappa shape index (κ1) is 34.0. The van der Waals surface area contributed by atoms with E-state index in [1.165, 1.54) is 16.7 Å². The fourth-order valence-electron chi connectivity index (χ4n) is 6.26. The first-order chi connectivity index (χ1) is 25.5. The number of anilines is 6. The maximum atomic E-state index is 5.41. The Morgan fingerprint density at radius 1 is 0.327 bits per heavy atom. The molecular formula is C48H42N2O2. The highest BCUT2D eigenvalue weighted by molar-refractivity contribution is 5.80. The van der Waals surface area contributed by atoms with E-state index in [-0.39, 0.29) is 0 Å². The molecule has 0 aliphatic carbocycles. The average molecular weight is 679 g/mol. The maximum Gasteiger partial charge on any atom is 0.119 e. The van der Waals surface area contributed by atoms with Gasteiger partial charge in [-0.05, 0) is 133 Å². The topological polar surface area (TPSA) is 24.9 Å². The summed E-state index contributed by atoms with van der Waals surface area (Å²) in [5.41, 5.74) is 13.7. The van der Waals surface area contributed by atoms with E-state index in [2.05, 4.69) is 181 Å². The van der Waals surface area contributed by atoms with Gasteiger partial charge < -0.3 is 19.3 Å². The van der Waals surface area contributed by atoms with Crippen molar-refractivity contribution >= 4 is 46.3 Å². The van der Waals surface area contributed by atoms with E-state index in [9.17, 15) is 0 Å². The van der Waals surface area contributed by atoms with Gasteiger partial charge in [-0.3, -0.25) is 0 Å². The van der Waals surface area contributed by atoms with Crippen molar-refractivity contribution in [1.82, 2.24) is 0 Å². The summed E-state index contributed by atoms with van der Waals surface area (Å²) >= 11 is 0. The molecule has 0 atom stereocenters. The molecule has 0 amide bonds. The molecule has 0 aliphatic rings. The van der Waals surface area contributed by atoms with Gasteiger partial charge in [-0.2, -0.15) is 0 Å². The van der Waals surface area contributed by atoms with Gasteiger partial charge in [0.15, 0.2) is 0 Å². The highest BCUT2D eigenvalue weighted by atomic mass is 16.5. The molecule has 0 aromatic heterocycles. The Morgan fingerprint density at radius 2 is 0.577 bits per heavy atom. The quantitative estimate of drug-likeness (QED) is 0.127. The summed E-state index contributed by atoms with van der Waals surface area (Å²) in [5, 5.41) is 0. The van der Waals surface area contributed by atoms with Crippen LogP contribution in [-0.2, 0) is 0 Å². The van der Waals surface area contributed by atoms with Crippen LogP contribution in [0.15, 0.2) is 170 Å². The van der Waals surface area contributed by atoms with E-state index in [1.807, 2.05) is 24.3 Å². The monoisotopic (exact) mass is 678 g/mol. The second kappa shape index (κ2) is 15.6. The molecule has 4 nitrogen and oxygen atoms in total. The van der Waals surface area contributed by atoms with Crippen molar-refractivity contribution in [3.8, 4) is 22.6 Å². The summed E-state index contributed by atoms with van der Waals surface area (Å²) in [5.74, 6) is 1.65. The predicted octanol–water partition coefficient (Wildman–Crippen LogP) is 13.1. The van der Waals surface area contributed by atoms with Crippen molar-refractivity contribution in [3.05, 3.63) is 192 Å². The molecule has 0 heterocycles. The zero-order chi connectivity index (χ0) is 35.9. The highest BCUT2D eigenvalue weighted by Gasteiger charge is 2.14. The van der Waals surface area contributed by atoms with Crippen LogP contribution in [0.2, 0.25) is 0 Å². The lowest BCUT2D eigenvalue weighted by atomic mass is 10.0. The van der Waals surface area contributed by atoms with Crippen LogP contribution in [0.25, 0.3) is 23.3 Å². The molecule has 0 N–H and O–H groups in total. The van der Waals surface area contributed by atoms with Gasteiger partial charge in [0.05, 0.1) is 14.2 Å². The first-order valence-electron chi connectivity index (χ1n) is 17.5. The molecule has 7 aromatic carbocycles. The standard InChI is InChI=1S/C48H42N2O2/c1-35-5-19-41(20-6-35)49(42-21-7-36(2)8-22-42)43-23-13-38(14-24-43)10-9-37-11-15-39(16-12-37)40-17-25-44(26-18-40)50(45-27-31-47(51-3)32-28-45)46-29-33-48(52-4)34-30-46/h5-34H,1-4H3/b10-9+. The van der Waals surface area contributed by atoms with Gasteiger partial charge >= 0.3 is 0 Å². The van der Waals surface area contributed by atoms with Crippen LogP contribution in [0, 0.1) is 13.8 Å². The third kappa shape index (κ3) is 7.77. The number of benzene rings is 7. The molecule has 4 heteroatoms. The van der Waals surface area contributed by atoms with Crippen LogP contribution in [0.4, 0.5) is 34.1 Å². The lowest BCUT2D eigenvalue weighted by molar-refractivity contribution is 0.415. The largest absolute Gasteiger partial charge is 0.497 e. The summed E-state index contributed by atoms with van der Waals surface area (Å²) < 4.78 is 10.8. The number of hydrogen-bond donors (Lipinski definition) is 0. The van der Waals surface area contributed by atoms with Crippen molar-refractivity contribution in [3.63, 3.8) is 0 Å². The number of aryl methyl sites for hydroxylation is 2. The second-order valence-corrected chi connectivity index (χ2v) is 12.8. The Labute approximate surface area is 307 Å². The molecule has 0 radical (unpaired) electrons. The van der Waals surface area contributed by atoms with E-state index in [1.54, 1.807) is 14.2 Å². The fourth-order valence-corrected chi connectivity index (χ4v) is 6.26.